The van der Waals surface area contributed by atoms with Crippen molar-refractivity contribution in [2.24, 2.45) is 0 Å². The molecule has 0 aliphatic carbocycles. The Labute approximate surface area is 198 Å². The van der Waals surface area contributed by atoms with Crippen LogP contribution in [-0.4, -0.2) is 32.5 Å². The number of anilines is 3. The van der Waals surface area contributed by atoms with E-state index in [9.17, 15) is 9.59 Å². The molecular formula is C26H24ClN3O3. The Bertz CT molecular complexity index is 1220. The molecule has 168 valence electrons. The molecule has 0 saturated heterocycles. The number of halogens is 1. The van der Waals surface area contributed by atoms with E-state index >= 15 is 0 Å². The van der Waals surface area contributed by atoms with Crippen molar-refractivity contribution in [3.8, 4) is 5.75 Å². The number of nitrogens with zero attached hydrogens (tertiary/aromatic N) is 2. The van der Waals surface area contributed by atoms with Crippen LogP contribution in [0.25, 0.3) is 5.57 Å². The molecular weight excluding hydrogens is 438 g/mol. The molecule has 7 heteroatoms. The average Bonchev–Trinajstić information content (AvgIpc) is 3.04. The smallest absolute Gasteiger partial charge is 0.282 e. The Kier molecular flexibility index (Phi) is 6.38. The molecule has 33 heavy (non-hydrogen) atoms. The fourth-order valence-electron chi connectivity index (χ4n) is 3.63. The lowest BCUT2D eigenvalue weighted by Crippen LogP contribution is -2.32. The highest BCUT2D eigenvalue weighted by molar-refractivity contribution is 6.46. The number of carbonyl (C=O) groups is 2. The van der Waals surface area contributed by atoms with Gasteiger partial charge in [-0.2, -0.15) is 0 Å². The highest BCUT2D eigenvalue weighted by Gasteiger charge is 2.40. The van der Waals surface area contributed by atoms with Crippen molar-refractivity contribution in [3.05, 3.63) is 89.1 Å². The van der Waals surface area contributed by atoms with Crippen LogP contribution in [0.2, 0.25) is 5.02 Å². The van der Waals surface area contributed by atoms with Gasteiger partial charge in [-0.3, -0.25) is 9.59 Å². The van der Waals surface area contributed by atoms with E-state index < -0.39 is 11.8 Å². The molecule has 0 fully saturated rings. The SMILES string of the molecule is CCOc1cccc(N2C(=O)C(Nc3ccc(N(C)C)cc3)=C(c3ccc(Cl)cc3)C2=O)c1. The lowest BCUT2D eigenvalue weighted by molar-refractivity contribution is -0.120. The highest BCUT2D eigenvalue weighted by Crippen LogP contribution is 2.35. The Morgan fingerprint density at radius 3 is 2.27 bits per heavy atom. The van der Waals surface area contributed by atoms with E-state index in [1.807, 2.05) is 50.2 Å². The summed E-state index contributed by atoms with van der Waals surface area (Å²) in [5, 5.41) is 3.72. The number of hydrogen-bond donors (Lipinski definition) is 1. The maximum absolute atomic E-state index is 13.5. The van der Waals surface area contributed by atoms with Crippen LogP contribution in [0.5, 0.6) is 5.75 Å². The molecule has 0 aromatic heterocycles. The summed E-state index contributed by atoms with van der Waals surface area (Å²) in [6, 6.07) is 21.4. The lowest BCUT2D eigenvalue weighted by atomic mass is 10.0. The van der Waals surface area contributed by atoms with Gasteiger partial charge < -0.3 is 15.0 Å². The average molecular weight is 462 g/mol. The normalized spacial score (nSPS) is 13.5. The number of hydrogen-bond acceptors (Lipinski definition) is 5. The molecule has 0 unspecified atom stereocenters. The zero-order chi connectivity index (χ0) is 23.5. The first-order valence-corrected chi connectivity index (χ1v) is 10.9. The van der Waals surface area contributed by atoms with Crippen molar-refractivity contribution in [3.63, 3.8) is 0 Å². The van der Waals surface area contributed by atoms with Crippen LogP contribution >= 0.6 is 11.6 Å². The molecule has 0 bridgehead atoms. The Balaban J connectivity index is 1.76. The van der Waals surface area contributed by atoms with Gasteiger partial charge in [0.2, 0.25) is 0 Å². The van der Waals surface area contributed by atoms with E-state index in [1.54, 1.807) is 48.5 Å². The second-order valence-electron chi connectivity index (χ2n) is 7.70. The summed E-state index contributed by atoms with van der Waals surface area (Å²) in [4.78, 5) is 30.2. The van der Waals surface area contributed by atoms with Gasteiger partial charge in [-0.1, -0.05) is 29.8 Å². The summed E-state index contributed by atoms with van der Waals surface area (Å²) >= 11 is 6.05. The first-order chi connectivity index (χ1) is 15.9. The van der Waals surface area contributed by atoms with Crippen molar-refractivity contribution in [2.75, 3.05) is 35.8 Å². The molecule has 2 amide bonds. The van der Waals surface area contributed by atoms with Gasteiger partial charge in [-0.25, -0.2) is 4.90 Å². The minimum Gasteiger partial charge on any atom is -0.494 e. The first kappa shape index (κ1) is 22.4. The number of ether oxygens (including phenoxy) is 1. The van der Waals surface area contributed by atoms with Crippen LogP contribution < -0.4 is 19.9 Å². The number of benzene rings is 3. The topological polar surface area (TPSA) is 61.9 Å². The largest absolute Gasteiger partial charge is 0.494 e. The monoisotopic (exact) mass is 461 g/mol. The van der Waals surface area contributed by atoms with E-state index in [2.05, 4.69) is 5.32 Å². The summed E-state index contributed by atoms with van der Waals surface area (Å²) in [5.74, 6) is -0.261. The highest BCUT2D eigenvalue weighted by atomic mass is 35.5. The second-order valence-corrected chi connectivity index (χ2v) is 8.14. The fourth-order valence-corrected chi connectivity index (χ4v) is 3.76. The standard InChI is InChI=1S/C26H24ClN3O3/c1-4-33-22-7-5-6-21(16-22)30-25(31)23(17-8-10-18(27)11-9-17)24(26(30)32)28-19-12-14-20(15-13-19)29(2)3/h5-16,28H,4H2,1-3H3. The zero-order valence-electron chi connectivity index (χ0n) is 18.6. The predicted molar refractivity (Wildman–Crippen MR) is 133 cm³/mol. The third-order valence-electron chi connectivity index (χ3n) is 5.26. The summed E-state index contributed by atoms with van der Waals surface area (Å²) in [5.41, 5.74) is 3.27. The molecule has 0 saturated carbocycles. The summed E-state index contributed by atoms with van der Waals surface area (Å²) in [7, 11) is 3.91. The van der Waals surface area contributed by atoms with E-state index in [-0.39, 0.29) is 11.3 Å². The fraction of sp³-hybridized carbons (Fsp3) is 0.154. The van der Waals surface area contributed by atoms with Gasteiger partial charge in [-0.05, 0) is 61.0 Å². The van der Waals surface area contributed by atoms with Crippen LogP contribution in [0.1, 0.15) is 12.5 Å². The number of rotatable bonds is 7. The summed E-state index contributed by atoms with van der Waals surface area (Å²) < 4.78 is 5.56. The molecule has 0 atom stereocenters. The van der Waals surface area contributed by atoms with Crippen LogP contribution in [0.15, 0.2) is 78.5 Å². The number of nitrogens with one attached hydrogen (secondary N) is 1. The zero-order valence-corrected chi connectivity index (χ0v) is 19.4. The van der Waals surface area contributed by atoms with Crippen LogP contribution in [0.3, 0.4) is 0 Å². The summed E-state index contributed by atoms with van der Waals surface area (Å²) in [6.45, 7) is 2.36. The van der Waals surface area contributed by atoms with Gasteiger partial charge >= 0.3 is 0 Å². The Morgan fingerprint density at radius 2 is 1.64 bits per heavy atom. The summed E-state index contributed by atoms with van der Waals surface area (Å²) in [6.07, 6.45) is 0. The Morgan fingerprint density at radius 1 is 0.939 bits per heavy atom. The minimum absolute atomic E-state index is 0.210. The molecule has 3 aromatic rings. The molecule has 1 N–H and O–H groups in total. The van der Waals surface area contributed by atoms with E-state index in [0.717, 1.165) is 5.69 Å². The first-order valence-electron chi connectivity index (χ1n) is 10.6. The molecule has 4 rings (SSSR count). The quantitative estimate of drug-likeness (QED) is 0.490. The molecule has 1 aliphatic heterocycles. The number of amides is 2. The van der Waals surface area contributed by atoms with Crippen LogP contribution in [0.4, 0.5) is 17.1 Å². The van der Waals surface area contributed by atoms with Crippen molar-refractivity contribution in [1.29, 1.82) is 0 Å². The van der Waals surface area contributed by atoms with Crippen molar-refractivity contribution in [1.82, 2.24) is 0 Å². The molecule has 1 aliphatic rings. The molecule has 0 radical (unpaired) electrons. The molecule has 0 spiro atoms. The van der Waals surface area contributed by atoms with Crippen LogP contribution in [-0.2, 0) is 9.59 Å². The Hall–Kier alpha value is -3.77. The number of imide groups is 1. The van der Waals surface area contributed by atoms with Crippen molar-refractivity contribution < 1.29 is 14.3 Å². The van der Waals surface area contributed by atoms with E-state index in [1.165, 1.54) is 4.90 Å². The van der Waals surface area contributed by atoms with Gasteiger partial charge in [0.15, 0.2) is 0 Å². The van der Waals surface area contributed by atoms with Crippen molar-refractivity contribution in [2.45, 2.75) is 6.92 Å². The van der Waals surface area contributed by atoms with Gasteiger partial charge in [0.05, 0.1) is 17.9 Å². The maximum Gasteiger partial charge on any atom is 0.282 e. The molecule has 1 heterocycles. The third kappa shape index (κ3) is 4.56. The molecule has 3 aromatic carbocycles. The van der Waals surface area contributed by atoms with E-state index in [4.69, 9.17) is 16.3 Å². The third-order valence-corrected chi connectivity index (χ3v) is 5.51. The van der Waals surface area contributed by atoms with Crippen LogP contribution in [0, 0.1) is 0 Å². The number of carbonyl (C=O) groups excluding carboxylic acids is 2. The minimum atomic E-state index is -0.435. The van der Waals surface area contributed by atoms with Gasteiger partial charge in [0.25, 0.3) is 11.8 Å². The maximum atomic E-state index is 13.5. The van der Waals surface area contributed by atoms with Gasteiger partial charge in [0, 0.05) is 36.6 Å². The molecule has 6 nitrogen and oxygen atoms in total. The predicted octanol–water partition coefficient (Wildman–Crippen LogP) is 5.20. The van der Waals surface area contributed by atoms with Crippen molar-refractivity contribution >= 4 is 46.1 Å². The van der Waals surface area contributed by atoms with E-state index in [0.29, 0.717) is 34.3 Å². The van der Waals surface area contributed by atoms with Gasteiger partial charge in [0.1, 0.15) is 11.4 Å². The second kappa shape index (κ2) is 9.38. The lowest BCUT2D eigenvalue weighted by Gasteiger charge is -2.17. The van der Waals surface area contributed by atoms with Gasteiger partial charge in [-0.15, -0.1) is 0 Å².